The number of nitriles is 1. The number of nitrogens with zero attached hydrogens (tertiary/aromatic N) is 1. The Hall–Kier alpha value is -1.38. The van der Waals surface area contributed by atoms with Gasteiger partial charge in [0, 0.05) is 6.42 Å². The molecule has 0 atom stereocenters. The van der Waals surface area contributed by atoms with Crippen molar-refractivity contribution in [2.75, 3.05) is 5.75 Å². The average molecular weight is 225 g/mol. The zero-order valence-electron chi connectivity index (χ0n) is 8.05. The van der Waals surface area contributed by atoms with Crippen molar-refractivity contribution in [3.05, 3.63) is 29.8 Å². The van der Waals surface area contributed by atoms with Gasteiger partial charge in [0.2, 0.25) is 0 Å². The lowest BCUT2D eigenvalue weighted by molar-refractivity contribution is 0.282. The second kappa shape index (κ2) is 4.91. The van der Waals surface area contributed by atoms with Crippen LogP contribution in [0.2, 0.25) is 0 Å². The van der Waals surface area contributed by atoms with E-state index in [1.54, 1.807) is 18.2 Å². The van der Waals surface area contributed by atoms with E-state index >= 15 is 0 Å². The SMILES string of the molecule is N#CCCS(=O)(=O)c1ccc(CO)cc1. The van der Waals surface area contributed by atoms with Crippen molar-refractivity contribution in [3.63, 3.8) is 0 Å². The van der Waals surface area contributed by atoms with Gasteiger partial charge in [0.1, 0.15) is 0 Å². The van der Waals surface area contributed by atoms with E-state index in [0.29, 0.717) is 5.56 Å². The van der Waals surface area contributed by atoms with Crippen molar-refractivity contribution in [3.8, 4) is 6.07 Å². The molecule has 0 heterocycles. The lowest BCUT2D eigenvalue weighted by atomic mass is 10.2. The molecule has 0 amide bonds. The highest BCUT2D eigenvalue weighted by molar-refractivity contribution is 7.91. The van der Waals surface area contributed by atoms with Crippen molar-refractivity contribution < 1.29 is 13.5 Å². The van der Waals surface area contributed by atoms with E-state index in [9.17, 15) is 8.42 Å². The normalized spacial score (nSPS) is 10.9. The van der Waals surface area contributed by atoms with E-state index in [4.69, 9.17) is 10.4 Å². The Balaban J connectivity index is 2.92. The first-order chi connectivity index (χ1) is 7.10. The Kier molecular flexibility index (Phi) is 3.83. The molecule has 0 aliphatic carbocycles. The largest absolute Gasteiger partial charge is 0.392 e. The minimum atomic E-state index is -3.35. The molecule has 0 unspecified atom stereocenters. The molecule has 1 rings (SSSR count). The standard InChI is InChI=1S/C10H11NO3S/c11-6-1-7-15(13,14)10-4-2-9(8-12)3-5-10/h2-5,12H,1,7-8H2. The van der Waals surface area contributed by atoms with Crippen LogP contribution in [-0.4, -0.2) is 19.3 Å². The van der Waals surface area contributed by atoms with Gasteiger partial charge in [-0.1, -0.05) is 12.1 Å². The molecule has 0 fully saturated rings. The second-order valence-electron chi connectivity index (χ2n) is 3.03. The van der Waals surface area contributed by atoms with Crippen LogP contribution in [0.15, 0.2) is 29.2 Å². The summed E-state index contributed by atoms with van der Waals surface area (Å²) >= 11 is 0. The summed E-state index contributed by atoms with van der Waals surface area (Å²) in [5.41, 5.74) is 0.661. The maximum absolute atomic E-state index is 11.6. The van der Waals surface area contributed by atoms with Crippen molar-refractivity contribution in [1.82, 2.24) is 0 Å². The summed E-state index contributed by atoms with van der Waals surface area (Å²) in [6.45, 7) is -0.113. The van der Waals surface area contributed by atoms with E-state index in [-0.39, 0.29) is 23.7 Å². The molecule has 0 aromatic heterocycles. The Morgan fingerprint density at radius 2 is 1.87 bits per heavy atom. The van der Waals surface area contributed by atoms with Crippen LogP contribution in [0.5, 0.6) is 0 Å². The smallest absolute Gasteiger partial charge is 0.179 e. The molecule has 0 radical (unpaired) electrons. The van der Waals surface area contributed by atoms with Crippen LogP contribution in [0.3, 0.4) is 0 Å². The first kappa shape index (κ1) is 11.7. The van der Waals surface area contributed by atoms with Gasteiger partial charge in [-0.3, -0.25) is 0 Å². The Morgan fingerprint density at radius 1 is 1.27 bits per heavy atom. The molecule has 0 bridgehead atoms. The summed E-state index contributed by atoms with van der Waals surface area (Å²) < 4.78 is 23.2. The zero-order chi connectivity index (χ0) is 11.3. The number of aliphatic hydroxyl groups excluding tert-OH is 1. The molecule has 0 saturated heterocycles. The van der Waals surface area contributed by atoms with E-state index in [2.05, 4.69) is 0 Å². The molecule has 0 spiro atoms. The Labute approximate surface area is 88.7 Å². The molecule has 15 heavy (non-hydrogen) atoms. The van der Waals surface area contributed by atoms with Crippen LogP contribution < -0.4 is 0 Å². The topological polar surface area (TPSA) is 78.2 Å². The van der Waals surface area contributed by atoms with Crippen LogP contribution in [-0.2, 0) is 16.4 Å². The molecular weight excluding hydrogens is 214 g/mol. The third-order valence-corrected chi connectivity index (χ3v) is 3.68. The third-order valence-electron chi connectivity index (χ3n) is 1.95. The highest BCUT2D eigenvalue weighted by Gasteiger charge is 2.13. The van der Waals surface area contributed by atoms with Crippen LogP contribution in [0.25, 0.3) is 0 Å². The summed E-state index contributed by atoms with van der Waals surface area (Å²) in [5.74, 6) is -0.165. The van der Waals surface area contributed by atoms with Gasteiger partial charge in [-0.15, -0.1) is 0 Å². The number of aliphatic hydroxyl groups is 1. The maximum atomic E-state index is 11.6. The molecular formula is C10H11NO3S. The Morgan fingerprint density at radius 3 is 2.33 bits per heavy atom. The molecule has 0 aliphatic heterocycles. The van der Waals surface area contributed by atoms with E-state index in [1.807, 2.05) is 0 Å². The van der Waals surface area contributed by atoms with Gasteiger partial charge in [0.15, 0.2) is 9.84 Å². The number of benzene rings is 1. The maximum Gasteiger partial charge on any atom is 0.179 e. The van der Waals surface area contributed by atoms with Gasteiger partial charge in [-0.2, -0.15) is 5.26 Å². The fourth-order valence-electron chi connectivity index (χ4n) is 1.10. The quantitative estimate of drug-likeness (QED) is 0.824. The molecule has 0 aliphatic rings. The predicted octanol–water partition coefficient (Wildman–Crippen LogP) is 0.866. The van der Waals surface area contributed by atoms with Gasteiger partial charge >= 0.3 is 0 Å². The van der Waals surface area contributed by atoms with E-state index < -0.39 is 9.84 Å². The molecule has 0 saturated carbocycles. The number of sulfone groups is 1. The van der Waals surface area contributed by atoms with E-state index in [0.717, 1.165) is 0 Å². The lowest BCUT2D eigenvalue weighted by Gasteiger charge is -2.02. The minimum Gasteiger partial charge on any atom is -0.392 e. The van der Waals surface area contributed by atoms with Crippen LogP contribution in [0.1, 0.15) is 12.0 Å². The van der Waals surface area contributed by atoms with Gasteiger partial charge in [0.05, 0.1) is 23.3 Å². The summed E-state index contributed by atoms with van der Waals surface area (Å²) in [5, 5.41) is 17.1. The van der Waals surface area contributed by atoms with Crippen molar-refractivity contribution >= 4 is 9.84 Å². The number of hydrogen-bond donors (Lipinski definition) is 1. The number of hydrogen-bond acceptors (Lipinski definition) is 4. The third kappa shape index (κ3) is 3.05. The monoisotopic (exact) mass is 225 g/mol. The second-order valence-corrected chi connectivity index (χ2v) is 5.14. The van der Waals surface area contributed by atoms with Gasteiger partial charge in [-0.05, 0) is 17.7 Å². The summed E-state index contributed by atoms with van der Waals surface area (Å²) in [4.78, 5) is 0.190. The fourth-order valence-corrected chi connectivity index (χ4v) is 2.25. The summed E-state index contributed by atoms with van der Waals surface area (Å²) in [7, 11) is -3.35. The van der Waals surface area contributed by atoms with Crippen molar-refractivity contribution in [1.29, 1.82) is 5.26 Å². The highest BCUT2D eigenvalue weighted by atomic mass is 32.2. The lowest BCUT2D eigenvalue weighted by Crippen LogP contribution is -2.06. The van der Waals surface area contributed by atoms with Gasteiger partial charge in [0.25, 0.3) is 0 Å². The number of rotatable bonds is 4. The van der Waals surface area contributed by atoms with Crippen LogP contribution >= 0.6 is 0 Å². The summed E-state index contributed by atoms with van der Waals surface area (Å²) in [6.07, 6.45) is -0.00984. The van der Waals surface area contributed by atoms with Crippen LogP contribution in [0, 0.1) is 11.3 Å². The summed E-state index contributed by atoms with van der Waals surface area (Å²) in [6, 6.07) is 7.79. The molecule has 80 valence electrons. The van der Waals surface area contributed by atoms with E-state index in [1.165, 1.54) is 12.1 Å². The highest BCUT2D eigenvalue weighted by Crippen LogP contribution is 2.13. The first-order valence-corrected chi connectivity index (χ1v) is 6.05. The molecule has 5 heteroatoms. The van der Waals surface area contributed by atoms with Gasteiger partial charge < -0.3 is 5.11 Å². The van der Waals surface area contributed by atoms with Gasteiger partial charge in [-0.25, -0.2) is 8.42 Å². The first-order valence-electron chi connectivity index (χ1n) is 4.39. The minimum absolute atomic E-state index is 0.00984. The molecule has 1 aromatic rings. The molecule has 4 nitrogen and oxygen atoms in total. The van der Waals surface area contributed by atoms with Crippen molar-refractivity contribution in [2.45, 2.75) is 17.9 Å². The predicted molar refractivity (Wildman–Crippen MR) is 54.6 cm³/mol. The molecule has 1 aromatic carbocycles. The van der Waals surface area contributed by atoms with Crippen LogP contribution in [0.4, 0.5) is 0 Å². The average Bonchev–Trinajstić information content (AvgIpc) is 2.26. The fraction of sp³-hybridized carbons (Fsp3) is 0.300. The molecule has 1 N–H and O–H groups in total. The Bertz CT molecular complexity index is 456. The van der Waals surface area contributed by atoms with Crippen molar-refractivity contribution in [2.24, 2.45) is 0 Å². The zero-order valence-corrected chi connectivity index (χ0v) is 8.87.